The molecule has 0 bridgehead atoms. The molecule has 0 aliphatic carbocycles. The van der Waals surface area contributed by atoms with Crippen molar-refractivity contribution < 1.29 is 9.53 Å². The summed E-state index contributed by atoms with van der Waals surface area (Å²) in [5.74, 6) is 0.873. The van der Waals surface area contributed by atoms with Gasteiger partial charge in [-0.3, -0.25) is 0 Å². The average molecular weight is 311 g/mol. The molecule has 0 aromatic heterocycles. The van der Waals surface area contributed by atoms with Crippen LogP contribution < -0.4 is 20.7 Å². The van der Waals surface area contributed by atoms with Crippen LogP contribution in [0.3, 0.4) is 0 Å². The Morgan fingerprint density at radius 1 is 1.26 bits per heavy atom. The minimum absolute atomic E-state index is 0.151. The summed E-state index contributed by atoms with van der Waals surface area (Å²) in [6.45, 7) is 4.94. The molecule has 3 rings (SSSR count). The van der Waals surface area contributed by atoms with Gasteiger partial charge in [-0.05, 0) is 56.2 Å². The second-order valence-electron chi connectivity index (χ2n) is 5.90. The van der Waals surface area contributed by atoms with E-state index in [0.717, 1.165) is 35.8 Å². The highest BCUT2D eigenvalue weighted by atomic mass is 16.5. The van der Waals surface area contributed by atoms with E-state index in [1.54, 1.807) is 0 Å². The molecule has 1 aliphatic heterocycles. The molecular weight excluding hydrogens is 290 g/mol. The van der Waals surface area contributed by atoms with Gasteiger partial charge in [0.2, 0.25) is 0 Å². The van der Waals surface area contributed by atoms with Gasteiger partial charge >= 0.3 is 6.03 Å². The van der Waals surface area contributed by atoms with Gasteiger partial charge in [-0.25, -0.2) is 4.79 Å². The van der Waals surface area contributed by atoms with Gasteiger partial charge < -0.3 is 20.7 Å². The monoisotopic (exact) mass is 311 g/mol. The zero-order valence-corrected chi connectivity index (χ0v) is 13.4. The summed E-state index contributed by atoms with van der Waals surface area (Å²) in [4.78, 5) is 13.2. The molecule has 0 fully saturated rings. The number of carbonyl (C=O) groups is 1. The number of fused-ring (bicyclic) bond motifs is 1. The first-order chi connectivity index (χ1) is 11.0. The van der Waals surface area contributed by atoms with Crippen LogP contribution in [-0.2, 0) is 6.42 Å². The third kappa shape index (κ3) is 3.39. The number of primary amides is 1. The van der Waals surface area contributed by atoms with Gasteiger partial charge in [0.25, 0.3) is 0 Å². The van der Waals surface area contributed by atoms with E-state index in [2.05, 4.69) is 22.3 Å². The lowest BCUT2D eigenvalue weighted by atomic mass is 10.1. The first-order valence-corrected chi connectivity index (χ1v) is 7.76. The third-order valence-electron chi connectivity index (χ3n) is 3.74. The van der Waals surface area contributed by atoms with Gasteiger partial charge in [0.1, 0.15) is 5.75 Å². The molecule has 120 valence electrons. The smallest absolute Gasteiger partial charge is 0.316 e. The molecular formula is C18H21N3O2. The standard InChI is InChI=1S/C18H21N3O2/c1-12(2)23-16-5-3-4-15(11-16)21-9-8-13-10-14(20-18(19)22)6-7-17(13)21/h3-7,10-12H,8-9H2,1-2H3,(H3,19,20,22). The van der Waals surface area contributed by atoms with Crippen molar-refractivity contribution >= 4 is 23.1 Å². The number of benzene rings is 2. The van der Waals surface area contributed by atoms with Crippen LogP contribution in [0.1, 0.15) is 19.4 Å². The first-order valence-electron chi connectivity index (χ1n) is 7.76. The average Bonchev–Trinajstić information content (AvgIpc) is 2.89. The Bertz CT molecular complexity index is 728. The quantitative estimate of drug-likeness (QED) is 0.905. The molecule has 23 heavy (non-hydrogen) atoms. The Balaban J connectivity index is 1.86. The highest BCUT2D eigenvalue weighted by Crippen LogP contribution is 2.37. The van der Waals surface area contributed by atoms with Crippen molar-refractivity contribution in [1.82, 2.24) is 0 Å². The predicted octanol–water partition coefficient (Wildman–Crippen LogP) is 3.66. The Labute approximate surface area is 136 Å². The lowest BCUT2D eigenvalue weighted by Gasteiger charge is -2.21. The number of anilines is 3. The maximum Gasteiger partial charge on any atom is 0.316 e. The van der Waals surface area contributed by atoms with Crippen LogP contribution in [0.2, 0.25) is 0 Å². The van der Waals surface area contributed by atoms with Crippen molar-refractivity contribution in [3.63, 3.8) is 0 Å². The fourth-order valence-corrected chi connectivity index (χ4v) is 2.89. The van der Waals surface area contributed by atoms with E-state index in [1.165, 1.54) is 5.56 Å². The highest BCUT2D eigenvalue weighted by molar-refractivity contribution is 5.88. The molecule has 0 saturated heterocycles. The zero-order chi connectivity index (χ0) is 16.4. The molecule has 2 aromatic carbocycles. The van der Waals surface area contributed by atoms with Crippen molar-refractivity contribution in [1.29, 1.82) is 0 Å². The maximum absolute atomic E-state index is 11.0. The lowest BCUT2D eigenvalue weighted by molar-refractivity contribution is 0.242. The van der Waals surface area contributed by atoms with Crippen LogP contribution in [0.25, 0.3) is 0 Å². The minimum atomic E-state index is -0.543. The summed E-state index contributed by atoms with van der Waals surface area (Å²) >= 11 is 0. The molecule has 0 unspecified atom stereocenters. The molecule has 1 aliphatic rings. The normalized spacial score (nSPS) is 13.1. The van der Waals surface area contributed by atoms with Gasteiger partial charge in [0.15, 0.2) is 0 Å². The lowest BCUT2D eigenvalue weighted by Crippen LogP contribution is -2.19. The van der Waals surface area contributed by atoms with Crippen LogP contribution in [-0.4, -0.2) is 18.7 Å². The summed E-state index contributed by atoms with van der Waals surface area (Å²) in [7, 11) is 0. The van der Waals surface area contributed by atoms with Crippen LogP contribution in [0.4, 0.5) is 21.9 Å². The number of rotatable bonds is 4. The summed E-state index contributed by atoms with van der Waals surface area (Å²) in [5.41, 5.74) is 9.37. The van der Waals surface area contributed by atoms with Crippen LogP contribution >= 0.6 is 0 Å². The number of carbonyl (C=O) groups excluding carboxylic acids is 1. The van der Waals surface area contributed by atoms with E-state index in [-0.39, 0.29) is 6.10 Å². The van der Waals surface area contributed by atoms with E-state index in [1.807, 2.05) is 44.2 Å². The maximum atomic E-state index is 11.0. The number of amides is 2. The third-order valence-corrected chi connectivity index (χ3v) is 3.74. The van der Waals surface area contributed by atoms with Gasteiger partial charge in [-0.2, -0.15) is 0 Å². The largest absolute Gasteiger partial charge is 0.491 e. The molecule has 5 nitrogen and oxygen atoms in total. The van der Waals surface area contributed by atoms with Crippen LogP contribution in [0.15, 0.2) is 42.5 Å². The van der Waals surface area contributed by atoms with Crippen molar-refractivity contribution in [2.24, 2.45) is 5.73 Å². The van der Waals surface area contributed by atoms with Gasteiger partial charge in [0.05, 0.1) is 6.10 Å². The fraction of sp³-hybridized carbons (Fsp3) is 0.278. The molecule has 0 spiro atoms. The molecule has 2 amide bonds. The van der Waals surface area contributed by atoms with Gasteiger partial charge in [-0.1, -0.05) is 6.07 Å². The number of hydrogen-bond acceptors (Lipinski definition) is 3. The van der Waals surface area contributed by atoms with E-state index in [9.17, 15) is 4.79 Å². The molecule has 0 saturated carbocycles. The highest BCUT2D eigenvalue weighted by Gasteiger charge is 2.21. The van der Waals surface area contributed by atoms with Crippen molar-refractivity contribution in [2.45, 2.75) is 26.4 Å². The summed E-state index contributed by atoms with van der Waals surface area (Å²) in [6.07, 6.45) is 1.08. The van der Waals surface area contributed by atoms with Gasteiger partial charge in [-0.15, -0.1) is 0 Å². The second kappa shape index (κ2) is 6.20. The van der Waals surface area contributed by atoms with E-state index in [4.69, 9.17) is 10.5 Å². The second-order valence-corrected chi connectivity index (χ2v) is 5.90. The molecule has 0 atom stereocenters. The summed E-state index contributed by atoms with van der Waals surface area (Å²) < 4.78 is 5.78. The van der Waals surface area contributed by atoms with Crippen molar-refractivity contribution in [2.75, 3.05) is 16.8 Å². The molecule has 5 heteroatoms. The molecule has 0 radical (unpaired) electrons. The van der Waals surface area contributed by atoms with Crippen LogP contribution in [0.5, 0.6) is 5.75 Å². The summed E-state index contributed by atoms with van der Waals surface area (Å²) in [6, 6.07) is 13.4. The number of nitrogens with one attached hydrogen (secondary N) is 1. The summed E-state index contributed by atoms with van der Waals surface area (Å²) in [5, 5.41) is 2.62. The van der Waals surface area contributed by atoms with Crippen LogP contribution in [0, 0.1) is 0 Å². The van der Waals surface area contributed by atoms with E-state index < -0.39 is 6.03 Å². The Morgan fingerprint density at radius 3 is 2.83 bits per heavy atom. The number of nitrogens with two attached hydrogens (primary N) is 1. The van der Waals surface area contributed by atoms with Crippen molar-refractivity contribution in [3.05, 3.63) is 48.0 Å². The topological polar surface area (TPSA) is 67.6 Å². The van der Waals surface area contributed by atoms with Gasteiger partial charge in [0, 0.05) is 29.7 Å². The Hall–Kier alpha value is -2.69. The number of nitrogens with zero attached hydrogens (tertiary/aromatic N) is 1. The molecule has 3 N–H and O–H groups in total. The minimum Gasteiger partial charge on any atom is -0.491 e. The number of ether oxygens (including phenoxy) is 1. The van der Waals surface area contributed by atoms with Crippen molar-refractivity contribution in [3.8, 4) is 5.75 Å². The SMILES string of the molecule is CC(C)Oc1cccc(N2CCc3cc(NC(N)=O)ccc32)c1. The predicted molar refractivity (Wildman–Crippen MR) is 92.6 cm³/mol. The van der Waals surface area contributed by atoms with E-state index >= 15 is 0 Å². The fourth-order valence-electron chi connectivity index (χ4n) is 2.89. The number of urea groups is 1. The zero-order valence-electron chi connectivity index (χ0n) is 13.4. The Kier molecular flexibility index (Phi) is 4.10. The van der Waals surface area contributed by atoms with E-state index in [0.29, 0.717) is 0 Å². The number of hydrogen-bond donors (Lipinski definition) is 2. The molecule has 2 aromatic rings. The molecule has 1 heterocycles. The Morgan fingerprint density at radius 2 is 2.09 bits per heavy atom. The first kappa shape index (κ1) is 15.2.